The first-order chi connectivity index (χ1) is 5.02. The lowest BCUT2D eigenvalue weighted by molar-refractivity contribution is 0.0830. The van der Waals surface area contributed by atoms with Crippen molar-refractivity contribution in [1.29, 1.82) is 0 Å². The number of hydrogen-bond acceptors (Lipinski definition) is 1. The molecular formula is C8H14ClF2N. The molecule has 0 spiro atoms. The van der Waals surface area contributed by atoms with E-state index in [4.69, 9.17) is 5.73 Å². The van der Waals surface area contributed by atoms with Crippen molar-refractivity contribution in [1.82, 2.24) is 0 Å². The lowest BCUT2D eigenvalue weighted by Crippen LogP contribution is -2.47. The third-order valence-corrected chi connectivity index (χ3v) is 2.96. The second kappa shape index (κ2) is 2.81. The van der Waals surface area contributed by atoms with E-state index in [9.17, 15) is 8.78 Å². The summed E-state index contributed by atoms with van der Waals surface area (Å²) in [5, 5.41) is 0. The Bertz CT molecular complexity index is 180. The molecule has 12 heavy (non-hydrogen) atoms. The van der Waals surface area contributed by atoms with Gasteiger partial charge < -0.3 is 5.73 Å². The second-order valence-corrected chi connectivity index (χ2v) is 4.08. The topological polar surface area (TPSA) is 26.0 Å². The van der Waals surface area contributed by atoms with Gasteiger partial charge in [0.25, 0.3) is 5.92 Å². The van der Waals surface area contributed by atoms with E-state index in [0.29, 0.717) is 6.42 Å². The van der Waals surface area contributed by atoms with Crippen molar-refractivity contribution in [3.8, 4) is 0 Å². The number of alkyl halides is 2. The highest BCUT2D eigenvalue weighted by Crippen LogP contribution is 2.54. The van der Waals surface area contributed by atoms with E-state index in [1.807, 2.05) is 0 Å². The summed E-state index contributed by atoms with van der Waals surface area (Å²) in [6, 6.07) is 0. The average Bonchev–Trinajstić information content (AvgIpc) is 2.36. The molecule has 0 aliphatic heterocycles. The normalized spacial score (nSPS) is 34.8. The molecule has 0 amide bonds. The standard InChI is InChI=1S/C8H13F2N.ClH/c9-8(10)5-6(8)4-7(11)2-1-3-7;/h6H,1-5,11H2;1H. The molecule has 4 heteroatoms. The number of halogens is 3. The van der Waals surface area contributed by atoms with Crippen LogP contribution in [-0.4, -0.2) is 11.5 Å². The van der Waals surface area contributed by atoms with E-state index in [1.54, 1.807) is 0 Å². The van der Waals surface area contributed by atoms with Crippen LogP contribution in [0.5, 0.6) is 0 Å². The molecule has 2 fully saturated rings. The Morgan fingerprint density at radius 1 is 1.33 bits per heavy atom. The van der Waals surface area contributed by atoms with Crippen LogP contribution in [0.25, 0.3) is 0 Å². The molecule has 2 rings (SSSR count). The minimum absolute atomic E-state index is 0. The van der Waals surface area contributed by atoms with Crippen LogP contribution in [0.2, 0.25) is 0 Å². The zero-order valence-corrected chi connectivity index (χ0v) is 7.67. The highest BCUT2D eigenvalue weighted by molar-refractivity contribution is 5.85. The highest BCUT2D eigenvalue weighted by Gasteiger charge is 2.59. The Labute approximate surface area is 77.1 Å². The molecule has 0 aromatic carbocycles. The van der Waals surface area contributed by atoms with Crippen molar-refractivity contribution in [2.75, 3.05) is 0 Å². The first-order valence-electron chi connectivity index (χ1n) is 4.19. The van der Waals surface area contributed by atoms with Crippen LogP contribution < -0.4 is 5.73 Å². The fourth-order valence-corrected chi connectivity index (χ4v) is 1.82. The highest BCUT2D eigenvalue weighted by atomic mass is 35.5. The Kier molecular flexibility index (Phi) is 2.39. The van der Waals surface area contributed by atoms with Gasteiger partial charge in [0.05, 0.1) is 0 Å². The second-order valence-electron chi connectivity index (χ2n) is 4.08. The Morgan fingerprint density at radius 2 is 1.83 bits per heavy atom. The van der Waals surface area contributed by atoms with E-state index in [0.717, 1.165) is 19.3 Å². The molecule has 2 aliphatic carbocycles. The maximum atomic E-state index is 12.4. The number of hydrogen-bond donors (Lipinski definition) is 1. The van der Waals surface area contributed by atoms with Gasteiger partial charge in [0.1, 0.15) is 0 Å². The van der Waals surface area contributed by atoms with Gasteiger partial charge in [-0.25, -0.2) is 8.78 Å². The van der Waals surface area contributed by atoms with E-state index >= 15 is 0 Å². The fraction of sp³-hybridized carbons (Fsp3) is 1.00. The van der Waals surface area contributed by atoms with Gasteiger partial charge in [0, 0.05) is 17.9 Å². The van der Waals surface area contributed by atoms with Crippen molar-refractivity contribution in [2.24, 2.45) is 11.7 Å². The van der Waals surface area contributed by atoms with Crippen molar-refractivity contribution in [3.63, 3.8) is 0 Å². The zero-order chi connectivity index (χ0) is 8.11. The summed E-state index contributed by atoms with van der Waals surface area (Å²) in [5.74, 6) is -2.77. The smallest absolute Gasteiger partial charge is 0.251 e. The van der Waals surface area contributed by atoms with Crippen LogP contribution in [0, 0.1) is 5.92 Å². The van der Waals surface area contributed by atoms with E-state index in [2.05, 4.69) is 0 Å². The molecule has 72 valence electrons. The van der Waals surface area contributed by atoms with Gasteiger partial charge in [0.15, 0.2) is 0 Å². The first kappa shape index (κ1) is 10.2. The predicted octanol–water partition coefficient (Wildman–Crippen LogP) is 2.33. The lowest BCUT2D eigenvalue weighted by Gasteiger charge is -2.38. The molecular weight excluding hydrogens is 184 g/mol. The molecule has 2 saturated carbocycles. The molecule has 0 heterocycles. The van der Waals surface area contributed by atoms with Crippen LogP contribution in [-0.2, 0) is 0 Å². The van der Waals surface area contributed by atoms with E-state index < -0.39 is 11.8 Å². The van der Waals surface area contributed by atoms with Crippen molar-refractivity contribution in [3.05, 3.63) is 0 Å². The molecule has 2 aliphatic rings. The van der Waals surface area contributed by atoms with Crippen LogP contribution in [0.15, 0.2) is 0 Å². The van der Waals surface area contributed by atoms with E-state index in [1.165, 1.54) is 0 Å². The third kappa shape index (κ3) is 1.72. The molecule has 0 radical (unpaired) electrons. The van der Waals surface area contributed by atoms with Crippen LogP contribution in [0.3, 0.4) is 0 Å². The summed E-state index contributed by atoms with van der Waals surface area (Å²) in [7, 11) is 0. The summed E-state index contributed by atoms with van der Waals surface area (Å²) < 4.78 is 24.9. The maximum Gasteiger partial charge on any atom is 0.251 e. The minimum atomic E-state index is -2.37. The molecule has 2 N–H and O–H groups in total. The van der Waals surface area contributed by atoms with Gasteiger partial charge in [-0.05, 0) is 25.7 Å². The SMILES string of the molecule is Cl.NC1(CC2CC2(F)F)CCC1. The van der Waals surface area contributed by atoms with Crippen molar-refractivity contribution >= 4 is 12.4 Å². The van der Waals surface area contributed by atoms with Gasteiger partial charge in [-0.1, -0.05) is 0 Å². The molecule has 1 atom stereocenters. The van der Waals surface area contributed by atoms with Crippen LogP contribution in [0.4, 0.5) is 8.78 Å². The minimum Gasteiger partial charge on any atom is -0.325 e. The monoisotopic (exact) mass is 197 g/mol. The van der Waals surface area contributed by atoms with Crippen molar-refractivity contribution in [2.45, 2.75) is 43.6 Å². The largest absolute Gasteiger partial charge is 0.325 e. The summed E-state index contributed by atoms with van der Waals surface area (Å²) in [6.07, 6.45) is 3.62. The van der Waals surface area contributed by atoms with Crippen molar-refractivity contribution < 1.29 is 8.78 Å². The Morgan fingerprint density at radius 3 is 2.08 bits per heavy atom. The quantitative estimate of drug-likeness (QED) is 0.723. The Balaban J connectivity index is 0.000000720. The van der Waals surface area contributed by atoms with Crippen LogP contribution >= 0.6 is 12.4 Å². The maximum absolute atomic E-state index is 12.4. The number of nitrogens with two attached hydrogens (primary N) is 1. The van der Waals surface area contributed by atoms with Crippen LogP contribution in [0.1, 0.15) is 32.1 Å². The van der Waals surface area contributed by atoms with Gasteiger partial charge >= 0.3 is 0 Å². The molecule has 1 unspecified atom stereocenters. The van der Waals surface area contributed by atoms with E-state index in [-0.39, 0.29) is 24.4 Å². The van der Waals surface area contributed by atoms with Gasteiger partial charge in [-0.15, -0.1) is 12.4 Å². The van der Waals surface area contributed by atoms with Gasteiger partial charge in [-0.2, -0.15) is 0 Å². The summed E-state index contributed by atoms with van der Waals surface area (Å²) in [5.41, 5.74) is 5.61. The molecule has 1 nitrogen and oxygen atoms in total. The zero-order valence-electron chi connectivity index (χ0n) is 6.85. The summed E-state index contributed by atoms with van der Waals surface area (Å²) in [6.45, 7) is 0. The predicted molar refractivity (Wildman–Crippen MR) is 45.7 cm³/mol. The summed E-state index contributed by atoms with van der Waals surface area (Å²) in [4.78, 5) is 0. The molecule has 0 saturated heterocycles. The number of rotatable bonds is 2. The summed E-state index contributed by atoms with van der Waals surface area (Å²) >= 11 is 0. The molecule has 0 aromatic rings. The average molecular weight is 198 g/mol. The van der Waals surface area contributed by atoms with Gasteiger partial charge in [0.2, 0.25) is 0 Å². The third-order valence-electron chi connectivity index (χ3n) is 2.96. The molecule has 0 bridgehead atoms. The van der Waals surface area contributed by atoms with Gasteiger partial charge in [-0.3, -0.25) is 0 Å². The lowest BCUT2D eigenvalue weighted by atomic mass is 9.74. The molecule has 0 aromatic heterocycles. The first-order valence-corrected chi connectivity index (χ1v) is 4.19. The fourth-order valence-electron chi connectivity index (χ4n) is 1.82. The Hall–Kier alpha value is 0.110.